The summed E-state index contributed by atoms with van der Waals surface area (Å²) in [5.74, 6) is -0.127. The minimum absolute atomic E-state index is 0.142. The number of nitrogens with one attached hydrogen (secondary N) is 3. The molecule has 7 nitrogen and oxygen atoms in total. The van der Waals surface area contributed by atoms with Gasteiger partial charge in [0.2, 0.25) is 11.8 Å². The quantitative estimate of drug-likeness (QED) is 0.690. The lowest BCUT2D eigenvalue weighted by molar-refractivity contribution is -0.120. The molecule has 0 saturated carbocycles. The summed E-state index contributed by atoms with van der Waals surface area (Å²) < 4.78 is 0. The van der Waals surface area contributed by atoms with Gasteiger partial charge in [-0.1, -0.05) is 18.7 Å². The Morgan fingerprint density at radius 3 is 2.83 bits per heavy atom. The zero-order chi connectivity index (χ0) is 17.5. The van der Waals surface area contributed by atoms with Crippen molar-refractivity contribution in [2.75, 3.05) is 5.32 Å². The average molecular weight is 326 g/mol. The van der Waals surface area contributed by atoms with Gasteiger partial charge in [-0.3, -0.25) is 14.4 Å². The van der Waals surface area contributed by atoms with Gasteiger partial charge in [-0.15, -0.1) is 0 Å². The Bertz CT molecular complexity index is 827. The van der Waals surface area contributed by atoms with Crippen LogP contribution in [0.25, 0.3) is 0 Å². The Kier molecular flexibility index (Phi) is 5.62. The Labute approximate surface area is 138 Å². The van der Waals surface area contributed by atoms with E-state index in [1.54, 1.807) is 31.2 Å². The van der Waals surface area contributed by atoms with Gasteiger partial charge in [0.1, 0.15) is 5.82 Å². The Morgan fingerprint density at radius 2 is 2.12 bits per heavy atom. The van der Waals surface area contributed by atoms with E-state index in [1.807, 2.05) is 0 Å². The fraction of sp³-hybridized carbons (Fsp3) is 0.176. The largest absolute Gasteiger partial charge is 0.349 e. The van der Waals surface area contributed by atoms with E-state index in [-0.39, 0.29) is 30.3 Å². The van der Waals surface area contributed by atoms with Crippen LogP contribution in [0.15, 0.2) is 47.8 Å². The first-order valence-corrected chi connectivity index (χ1v) is 7.32. The number of carbonyl (C=O) groups excluding carboxylic acids is 2. The van der Waals surface area contributed by atoms with Crippen LogP contribution in [-0.4, -0.2) is 21.8 Å². The number of anilines is 1. The molecule has 2 aromatic rings. The van der Waals surface area contributed by atoms with Crippen molar-refractivity contribution in [2.24, 2.45) is 0 Å². The number of hydrogen-bond acceptors (Lipinski definition) is 4. The lowest BCUT2D eigenvalue weighted by atomic mass is 10.1. The average Bonchev–Trinajstić information content (AvgIpc) is 2.52. The number of hydrogen-bond donors (Lipinski definition) is 3. The second-order valence-corrected chi connectivity index (χ2v) is 5.18. The summed E-state index contributed by atoms with van der Waals surface area (Å²) in [6, 6.07) is 8.36. The van der Waals surface area contributed by atoms with Crippen LogP contribution < -0.4 is 16.2 Å². The Hall–Kier alpha value is -3.22. The van der Waals surface area contributed by atoms with E-state index in [0.29, 0.717) is 17.2 Å². The van der Waals surface area contributed by atoms with Gasteiger partial charge in [0.05, 0.1) is 13.0 Å². The predicted octanol–water partition coefficient (Wildman–Crippen LogP) is 1.06. The minimum atomic E-state index is -0.314. The molecule has 0 unspecified atom stereocenters. The number of aromatic amines is 1. The first-order chi connectivity index (χ1) is 11.5. The van der Waals surface area contributed by atoms with Gasteiger partial charge in [0.15, 0.2) is 0 Å². The lowest BCUT2D eigenvalue weighted by Gasteiger charge is -2.07. The van der Waals surface area contributed by atoms with Crippen molar-refractivity contribution < 1.29 is 9.59 Å². The molecule has 0 spiro atoms. The molecule has 1 aromatic carbocycles. The molecule has 124 valence electrons. The Morgan fingerprint density at radius 1 is 1.33 bits per heavy atom. The molecule has 2 amide bonds. The lowest BCUT2D eigenvalue weighted by Crippen LogP contribution is -2.27. The SMILES string of the molecule is C=CC(=O)Nc1cccc(CC(=O)NCc2nc(C)cc(=O)[nH]2)c1. The van der Waals surface area contributed by atoms with Crippen LogP contribution in [0, 0.1) is 6.92 Å². The molecule has 0 aliphatic carbocycles. The molecule has 0 aliphatic rings. The topological polar surface area (TPSA) is 104 Å². The zero-order valence-electron chi connectivity index (χ0n) is 13.3. The number of benzene rings is 1. The highest BCUT2D eigenvalue weighted by molar-refractivity contribution is 5.98. The summed E-state index contributed by atoms with van der Waals surface area (Å²) in [6.45, 7) is 5.24. The van der Waals surface area contributed by atoms with E-state index in [2.05, 4.69) is 27.2 Å². The summed E-state index contributed by atoms with van der Waals surface area (Å²) in [5, 5.41) is 5.34. The van der Waals surface area contributed by atoms with Gasteiger partial charge in [-0.25, -0.2) is 4.98 Å². The van der Waals surface area contributed by atoms with E-state index in [0.717, 1.165) is 5.56 Å². The maximum Gasteiger partial charge on any atom is 0.251 e. The molecule has 0 fully saturated rings. The van der Waals surface area contributed by atoms with Gasteiger partial charge >= 0.3 is 0 Å². The van der Waals surface area contributed by atoms with Gasteiger partial charge in [0, 0.05) is 17.4 Å². The number of amides is 2. The van der Waals surface area contributed by atoms with Gasteiger partial charge in [-0.05, 0) is 30.7 Å². The third-order valence-corrected chi connectivity index (χ3v) is 3.12. The van der Waals surface area contributed by atoms with Crippen molar-refractivity contribution in [2.45, 2.75) is 19.9 Å². The Balaban J connectivity index is 1.94. The van der Waals surface area contributed by atoms with E-state index < -0.39 is 0 Å². The second-order valence-electron chi connectivity index (χ2n) is 5.18. The van der Waals surface area contributed by atoms with Crippen LogP contribution >= 0.6 is 0 Å². The highest BCUT2D eigenvalue weighted by atomic mass is 16.2. The zero-order valence-corrected chi connectivity index (χ0v) is 13.3. The van der Waals surface area contributed by atoms with Gasteiger partial charge < -0.3 is 15.6 Å². The predicted molar refractivity (Wildman–Crippen MR) is 90.4 cm³/mol. The van der Waals surface area contributed by atoms with Crippen LogP contribution in [-0.2, 0) is 22.6 Å². The fourth-order valence-corrected chi connectivity index (χ4v) is 2.11. The summed E-state index contributed by atoms with van der Waals surface area (Å²) in [7, 11) is 0. The van der Waals surface area contributed by atoms with Crippen molar-refractivity contribution in [3.63, 3.8) is 0 Å². The molecule has 2 rings (SSSR count). The summed E-state index contributed by atoms with van der Waals surface area (Å²) >= 11 is 0. The summed E-state index contributed by atoms with van der Waals surface area (Å²) in [5.41, 5.74) is 1.68. The number of aryl methyl sites for hydroxylation is 1. The third-order valence-electron chi connectivity index (χ3n) is 3.12. The highest BCUT2D eigenvalue weighted by Gasteiger charge is 2.06. The molecular weight excluding hydrogens is 308 g/mol. The molecule has 0 aliphatic heterocycles. The summed E-state index contributed by atoms with van der Waals surface area (Å²) in [4.78, 5) is 41.4. The van der Waals surface area contributed by atoms with Crippen LogP contribution in [0.2, 0.25) is 0 Å². The third kappa shape index (κ3) is 5.20. The minimum Gasteiger partial charge on any atom is -0.349 e. The van der Waals surface area contributed by atoms with Crippen molar-refractivity contribution in [1.82, 2.24) is 15.3 Å². The van der Waals surface area contributed by atoms with Crippen LogP contribution in [0.1, 0.15) is 17.1 Å². The molecule has 1 aromatic heterocycles. The molecule has 1 heterocycles. The highest BCUT2D eigenvalue weighted by Crippen LogP contribution is 2.11. The number of H-pyrrole nitrogens is 1. The summed E-state index contributed by atoms with van der Waals surface area (Å²) in [6.07, 6.45) is 1.32. The van der Waals surface area contributed by atoms with Crippen molar-refractivity contribution in [3.8, 4) is 0 Å². The smallest absolute Gasteiger partial charge is 0.251 e. The van der Waals surface area contributed by atoms with Crippen molar-refractivity contribution >= 4 is 17.5 Å². The molecule has 7 heteroatoms. The molecule has 0 atom stereocenters. The van der Waals surface area contributed by atoms with Crippen molar-refractivity contribution in [3.05, 3.63) is 70.4 Å². The van der Waals surface area contributed by atoms with E-state index in [4.69, 9.17) is 0 Å². The van der Waals surface area contributed by atoms with E-state index in [1.165, 1.54) is 12.1 Å². The number of rotatable bonds is 6. The monoisotopic (exact) mass is 326 g/mol. The first-order valence-electron chi connectivity index (χ1n) is 7.32. The fourth-order valence-electron chi connectivity index (χ4n) is 2.11. The molecular formula is C17H18N4O3. The molecule has 0 radical (unpaired) electrons. The molecule has 0 saturated heterocycles. The van der Waals surface area contributed by atoms with Crippen molar-refractivity contribution in [1.29, 1.82) is 0 Å². The van der Waals surface area contributed by atoms with Gasteiger partial charge in [0.25, 0.3) is 5.56 Å². The van der Waals surface area contributed by atoms with Crippen LogP contribution in [0.5, 0.6) is 0 Å². The number of nitrogens with zero attached hydrogens (tertiary/aromatic N) is 1. The number of aromatic nitrogens is 2. The maximum atomic E-state index is 12.0. The van der Waals surface area contributed by atoms with Crippen LogP contribution in [0.3, 0.4) is 0 Å². The standard InChI is InChI=1S/C17H18N4O3/c1-3-15(22)20-13-6-4-5-12(8-13)9-16(23)18-10-14-19-11(2)7-17(24)21-14/h3-8H,1,9-10H2,2H3,(H,18,23)(H,20,22)(H,19,21,24). The molecule has 24 heavy (non-hydrogen) atoms. The van der Waals surface area contributed by atoms with E-state index >= 15 is 0 Å². The van der Waals surface area contributed by atoms with E-state index in [9.17, 15) is 14.4 Å². The molecule has 0 bridgehead atoms. The second kappa shape index (κ2) is 7.87. The van der Waals surface area contributed by atoms with Gasteiger partial charge in [-0.2, -0.15) is 0 Å². The number of carbonyl (C=O) groups is 2. The first kappa shape index (κ1) is 17.1. The molecule has 3 N–H and O–H groups in total. The maximum absolute atomic E-state index is 12.0. The van der Waals surface area contributed by atoms with Crippen LogP contribution in [0.4, 0.5) is 5.69 Å². The normalized spacial score (nSPS) is 10.0.